The van der Waals surface area contributed by atoms with Gasteiger partial charge in [-0.1, -0.05) is 11.6 Å². The second-order valence-corrected chi connectivity index (χ2v) is 4.27. The minimum atomic E-state index is 0.429. The largest absolute Gasteiger partial charge is 0.367 e. The Labute approximate surface area is 94.7 Å². The van der Waals surface area contributed by atoms with Gasteiger partial charge < -0.3 is 10.2 Å². The number of rotatable bonds is 3. The van der Waals surface area contributed by atoms with E-state index >= 15 is 0 Å². The summed E-state index contributed by atoms with van der Waals surface area (Å²) in [6.45, 7) is 2.12. The van der Waals surface area contributed by atoms with Crippen molar-refractivity contribution in [2.24, 2.45) is 0 Å². The molecule has 0 radical (unpaired) electrons. The van der Waals surface area contributed by atoms with Gasteiger partial charge in [0.05, 0.1) is 12.4 Å². The van der Waals surface area contributed by atoms with Gasteiger partial charge in [-0.25, -0.2) is 9.97 Å². The molecule has 1 atom stereocenters. The molecule has 0 amide bonds. The van der Waals surface area contributed by atoms with Gasteiger partial charge in [-0.15, -0.1) is 0 Å². The molecule has 0 saturated carbocycles. The average Bonchev–Trinajstić information content (AvgIpc) is 2.63. The highest BCUT2D eigenvalue weighted by atomic mass is 35.5. The third-order valence-electron chi connectivity index (χ3n) is 2.81. The van der Waals surface area contributed by atoms with Gasteiger partial charge in [0.15, 0.2) is 0 Å². The summed E-state index contributed by atoms with van der Waals surface area (Å²) in [5, 5.41) is 3.70. The van der Waals surface area contributed by atoms with Crippen LogP contribution in [0.5, 0.6) is 0 Å². The van der Waals surface area contributed by atoms with Gasteiger partial charge in [0.1, 0.15) is 11.0 Å². The zero-order valence-corrected chi connectivity index (χ0v) is 9.54. The van der Waals surface area contributed by atoms with Crippen LogP contribution in [0.25, 0.3) is 0 Å². The lowest BCUT2D eigenvalue weighted by atomic mass is 10.2. The number of likely N-dealkylation sites (tertiary alicyclic amines) is 1. The lowest BCUT2D eigenvalue weighted by molar-refractivity contribution is 0.322. The number of nitrogens with zero attached hydrogens (tertiary/aromatic N) is 3. The number of anilines is 1. The smallest absolute Gasteiger partial charge is 0.147 e. The highest BCUT2D eigenvalue weighted by Gasteiger charge is 2.20. The minimum absolute atomic E-state index is 0.429. The minimum Gasteiger partial charge on any atom is -0.367 e. The predicted octanol–water partition coefficient (Wildman–Crippen LogP) is 1.64. The molecule has 0 aliphatic carbocycles. The molecule has 1 aromatic heterocycles. The first kappa shape index (κ1) is 10.6. The maximum Gasteiger partial charge on any atom is 0.147 e. The Balaban J connectivity index is 1.85. The first-order valence-electron chi connectivity index (χ1n) is 5.17. The Bertz CT molecular complexity index is 314. The Morgan fingerprint density at radius 1 is 1.53 bits per heavy atom. The number of aromatic nitrogens is 2. The van der Waals surface area contributed by atoms with Gasteiger partial charge in [-0.3, -0.25) is 0 Å². The van der Waals surface area contributed by atoms with E-state index in [1.165, 1.54) is 19.4 Å². The number of halogens is 1. The molecule has 1 aliphatic rings. The van der Waals surface area contributed by atoms with Crippen molar-refractivity contribution in [2.45, 2.75) is 18.9 Å². The van der Waals surface area contributed by atoms with Crippen LogP contribution in [0.4, 0.5) is 5.82 Å². The molecule has 0 bridgehead atoms. The lowest BCUT2D eigenvalue weighted by Crippen LogP contribution is -2.31. The Morgan fingerprint density at radius 3 is 3.00 bits per heavy atom. The number of hydrogen-bond donors (Lipinski definition) is 1. The summed E-state index contributed by atoms with van der Waals surface area (Å²) < 4.78 is 0. The van der Waals surface area contributed by atoms with Crippen molar-refractivity contribution in [1.29, 1.82) is 0 Å². The van der Waals surface area contributed by atoms with Crippen molar-refractivity contribution in [3.63, 3.8) is 0 Å². The zero-order chi connectivity index (χ0) is 10.7. The van der Waals surface area contributed by atoms with Gasteiger partial charge in [0.2, 0.25) is 0 Å². The van der Waals surface area contributed by atoms with E-state index in [0.717, 1.165) is 12.4 Å². The van der Waals surface area contributed by atoms with Crippen molar-refractivity contribution < 1.29 is 0 Å². The van der Waals surface area contributed by atoms with Crippen LogP contribution < -0.4 is 5.32 Å². The first-order valence-corrected chi connectivity index (χ1v) is 5.55. The molecule has 1 N–H and O–H groups in total. The molecule has 0 spiro atoms. The summed E-state index contributed by atoms with van der Waals surface area (Å²) in [5.41, 5.74) is 0. The Kier molecular flexibility index (Phi) is 3.38. The predicted molar refractivity (Wildman–Crippen MR) is 61.2 cm³/mol. The SMILES string of the molecule is CN1CCCC1CNc1cnc(Cl)cn1. The molecule has 1 saturated heterocycles. The van der Waals surface area contributed by atoms with Crippen LogP contribution in [-0.2, 0) is 0 Å². The van der Waals surface area contributed by atoms with Crippen LogP contribution in [-0.4, -0.2) is 41.0 Å². The molecule has 5 heteroatoms. The summed E-state index contributed by atoms with van der Waals surface area (Å²) in [4.78, 5) is 10.5. The maximum atomic E-state index is 5.65. The fourth-order valence-electron chi connectivity index (χ4n) is 1.86. The maximum absolute atomic E-state index is 5.65. The molecule has 2 heterocycles. The van der Waals surface area contributed by atoms with Gasteiger partial charge in [-0.05, 0) is 26.4 Å². The van der Waals surface area contributed by atoms with Crippen LogP contribution in [0.15, 0.2) is 12.4 Å². The Morgan fingerprint density at radius 2 is 2.40 bits per heavy atom. The molecule has 0 aromatic carbocycles. The van der Waals surface area contributed by atoms with Gasteiger partial charge in [0.25, 0.3) is 0 Å². The van der Waals surface area contributed by atoms with E-state index in [0.29, 0.717) is 11.2 Å². The van der Waals surface area contributed by atoms with Gasteiger partial charge >= 0.3 is 0 Å². The van der Waals surface area contributed by atoms with Crippen LogP contribution in [0.2, 0.25) is 5.15 Å². The van der Waals surface area contributed by atoms with Gasteiger partial charge in [-0.2, -0.15) is 0 Å². The van der Waals surface area contributed by atoms with E-state index < -0.39 is 0 Å². The quantitative estimate of drug-likeness (QED) is 0.851. The highest BCUT2D eigenvalue weighted by Crippen LogP contribution is 2.15. The van der Waals surface area contributed by atoms with Crippen molar-refractivity contribution in [1.82, 2.24) is 14.9 Å². The van der Waals surface area contributed by atoms with E-state index in [1.54, 1.807) is 12.4 Å². The molecule has 1 unspecified atom stereocenters. The zero-order valence-electron chi connectivity index (χ0n) is 8.78. The second kappa shape index (κ2) is 4.77. The molecule has 1 fully saturated rings. The van der Waals surface area contributed by atoms with Gasteiger partial charge in [0, 0.05) is 12.6 Å². The fourth-order valence-corrected chi connectivity index (χ4v) is 1.96. The summed E-state index contributed by atoms with van der Waals surface area (Å²) >= 11 is 5.65. The monoisotopic (exact) mass is 226 g/mol. The Hall–Kier alpha value is -0.870. The van der Waals surface area contributed by atoms with E-state index in [9.17, 15) is 0 Å². The number of hydrogen-bond acceptors (Lipinski definition) is 4. The van der Waals surface area contributed by atoms with Crippen molar-refractivity contribution in [3.05, 3.63) is 17.5 Å². The fraction of sp³-hybridized carbons (Fsp3) is 0.600. The summed E-state index contributed by atoms with van der Waals surface area (Å²) in [6.07, 6.45) is 5.76. The van der Waals surface area contributed by atoms with Crippen LogP contribution in [0.3, 0.4) is 0 Å². The third-order valence-corrected chi connectivity index (χ3v) is 3.01. The lowest BCUT2D eigenvalue weighted by Gasteiger charge is -2.19. The molecule has 2 rings (SSSR count). The molecule has 15 heavy (non-hydrogen) atoms. The molecule has 1 aliphatic heterocycles. The van der Waals surface area contributed by atoms with Crippen molar-refractivity contribution >= 4 is 17.4 Å². The van der Waals surface area contributed by atoms with Crippen molar-refractivity contribution in [2.75, 3.05) is 25.5 Å². The van der Waals surface area contributed by atoms with Crippen LogP contribution in [0, 0.1) is 0 Å². The molecule has 82 valence electrons. The van der Waals surface area contributed by atoms with E-state index in [1.807, 2.05) is 0 Å². The normalized spacial score (nSPS) is 21.9. The molecular weight excluding hydrogens is 212 g/mol. The third kappa shape index (κ3) is 2.79. The van der Waals surface area contributed by atoms with Crippen LogP contribution >= 0.6 is 11.6 Å². The highest BCUT2D eigenvalue weighted by molar-refractivity contribution is 6.29. The number of nitrogens with one attached hydrogen (secondary N) is 1. The molecule has 4 nitrogen and oxygen atoms in total. The summed E-state index contributed by atoms with van der Waals surface area (Å²) in [6, 6.07) is 0.613. The van der Waals surface area contributed by atoms with Crippen molar-refractivity contribution in [3.8, 4) is 0 Å². The number of likely N-dealkylation sites (N-methyl/N-ethyl adjacent to an activating group) is 1. The standard InChI is InChI=1S/C10H15ClN4/c1-15-4-2-3-8(15)5-13-10-7-12-9(11)6-14-10/h6-8H,2-5H2,1H3,(H,13,14). The van der Waals surface area contributed by atoms with E-state index in [2.05, 4.69) is 27.2 Å². The summed E-state index contributed by atoms with van der Waals surface area (Å²) in [7, 11) is 2.16. The van der Waals surface area contributed by atoms with E-state index in [-0.39, 0.29) is 0 Å². The molecule has 1 aromatic rings. The van der Waals surface area contributed by atoms with E-state index in [4.69, 9.17) is 11.6 Å². The van der Waals surface area contributed by atoms with Crippen LogP contribution in [0.1, 0.15) is 12.8 Å². The average molecular weight is 227 g/mol. The second-order valence-electron chi connectivity index (χ2n) is 3.88. The first-order chi connectivity index (χ1) is 7.25. The topological polar surface area (TPSA) is 41.0 Å². The molecular formula is C10H15ClN4. The summed E-state index contributed by atoms with van der Waals surface area (Å²) in [5.74, 6) is 0.791.